The third-order valence-corrected chi connectivity index (χ3v) is 3.37. The molecule has 0 aromatic heterocycles. The summed E-state index contributed by atoms with van der Waals surface area (Å²) < 4.78 is 4.25. The standard InChI is InChI=1S/C16H16N2O2.C2H6O/c1-3-4-15(17-2)18-16(20)14-8-12-6-5-11(10-19)7-13(12)9-14;1-3-2/h3-7,10,14H,1-2,8-9H2,(H,18,20);1-2H3/b15-4+;. The van der Waals surface area contributed by atoms with Crippen LogP contribution in [0.2, 0.25) is 0 Å². The first-order chi connectivity index (χ1) is 11.1. The summed E-state index contributed by atoms with van der Waals surface area (Å²) in [6.07, 6.45) is 5.28. The van der Waals surface area contributed by atoms with Gasteiger partial charge in [-0.25, -0.2) is 4.99 Å². The number of hydrogen-bond donors (Lipinski definition) is 1. The lowest BCUT2D eigenvalue weighted by Crippen LogP contribution is -2.30. The number of fused-ring (bicyclic) bond motifs is 1. The first kappa shape index (κ1) is 18.5. The van der Waals surface area contributed by atoms with E-state index < -0.39 is 0 Å². The minimum absolute atomic E-state index is 0.0886. The van der Waals surface area contributed by atoms with Gasteiger partial charge in [0.1, 0.15) is 12.1 Å². The van der Waals surface area contributed by atoms with Crippen LogP contribution < -0.4 is 5.32 Å². The minimum atomic E-state index is -0.137. The van der Waals surface area contributed by atoms with Crippen molar-refractivity contribution in [3.63, 3.8) is 0 Å². The molecule has 0 saturated carbocycles. The quantitative estimate of drug-likeness (QED) is 0.515. The van der Waals surface area contributed by atoms with Crippen LogP contribution in [0.4, 0.5) is 0 Å². The van der Waals surface area contributed by atoms with Gasteiger partial charge in [0.25, 0.3) is 0 Å². The molecule has 0 fully saturated rings. The van der Waals surface area contributed by atoms with Crippen LogP contribution in [0, 0.1) is 5.92 Å². The van der Waals surface area contributed by atoms with Gasteiger partial charge in [-0.2, -0.15) is 0 Å². The van der Waals surface area contributed by atoms with Crippen LogP contribution in [-0.2, 0) is 22.4 Å². The number of carbonyl (C=O) groups excluding carboxylic acids is 2. The van der Waals surface area contributed by atoms with E-state index in [1.165, 1.54) is 0 Å². The van der Waals surface area contributed by atoms with Crippen molar-refractivity contribution in [1.82, 2.24) is 5.32 Å². The summed E-state index contributed by atoms with van der Waals surface area (Å²) in [5.41, 5.74) is 2.83. The van der Waals surface area contributed by atoms with Gasteiger partial charge in [0, 0.05) is 25.7 Å². The van der Waals surface area contributed by atoms with Crippen LogP contribution in [0.3, 0.4) is 0 Å². The average Bonchev–Trinajstić information content (AvgIpc) is 2.98. The fourth-order valence-electron chi connectivity index (χ4n) is 2.37. The smallest absolute Gasteiger partial charge is 0.229 e. The Balaban J connectivity index is 0.000000816. The van der Waals surface area contributed by atoms with Gasteiger partial charge in [-0.05, 0) is 42.8 Å². The molecular formula is C18H22N2O3. The predicted molar refractivity (Wildman–Crippen MR) is 91.6 cm³/mol. The second-order valence-corrected chi connectivity index (χ2v) is 5.09. The second-order valence-electron chi connectivity index (χ2n) is 5.09. The number of methoxy groups -OCH3 is 1. The van der Waals surface area contributed by atoms with Gasteiger partial charge in [0.05, 0.1) is 0 Å². The number of benzene rings is 1. The van der Waals surface area contributed by atoms with Gasteiger partial charge < -0.3 is 10.1 Å². The Morgan fingerprint density at radius 3 is 2.57 bits per heavy atom. The molecule has 23 heavy (non-hydrogen) atoms. The molecule has 0 bridgehead atoms. The number of allylic oxidation sites excluding steroid dienone is 2. The van der Waals surface area contributed by atoms with E-state index in [0.717, 1.165) is 17.4 Å². The van der Waals surface area contributed by atoms with Gasteiger partial charge in [-0.15, -0.1) is 0 Å². The van der Waals surface area contributed by atoms with E-state index in [0.29, 0.717) is 24.2 Å². The van der Waals surface area contributed by atoms with Crippen LogP contribution in [0.15, 0.2) is 47.7 Å². The van der Waals surface area contributed by atoms with Crippen molar-refractivity contribution in [1.29, 1.82) is 0 Å². The third kappa shape index (κ3) is 5.30. The van der Waals surface area contributed by atoms with Crippen LogP contribution in [-0.4, -0.2) is 33.1 Å². The number of aldehydes is 1. The lowest BCUT2D eigenvalue weighted by Gasteiger charge is -2.09. The molecule has 122 valence electrons. The molecule has 0 saturated heterocycles. The molecule has 0 heterocycles. The largest absolute Gasteiger partial charge is 0.388 e. The highest BCUT2D eigenvalue weighted by atomic mass is 16.4. The van der Waals surface area contributed by atoms with Gasteiger partial charge >= 0.3 is 0 Å². The SMILES string of the molecule is C=C/C=C(\N=C)NC(=O)C1Cc2ccc(C=O)cc2C1.COC. The second kappa shape index (κ2) is 9.48. The van der Waals surface area contributed by atoms with Crippen LogP contribution in [0.1, 0.15) is 21.5 Å². The molecule has 2 rings (SSSR count). The van der Waals surface area contributed by atoms with Gasteiger partial charge in [0.2, 0.25) is 5.91 Å². The molecular weight excluding hydrogens is 292 g/mol. The summed E-state index contributed by atoms with van der Waals surface area (Å²) in [5.74, 6) is 0.172. The van der Waals surface area contributed by atoms with Crippen molar-refractivity contribution in [3.8, 4) is 0 Å². The number of amides is 1. The minimum Gasteiger partial charge on any atom is -0.388 e. The average molecular weight is 314 g/mol. The Morgan fingerprint density at radius 2 is 2.00 bits per heavy atom. The maximum absolute atomic E-state index is 12.2. The molecule has 1 unspecified atom stereocenters. The Morgan fingerprint density at radius 1 is 1.35 bits per heavy atom. The van der Waals surface area contributed by atoms with E-state index in [1.807, 2.05) is 12.1 Å². The fourth-order valence-corrected chi connectivity index (χ4v) is 2.37. The number of hydrogen-bond acceptors (Lipinski definition) is 4. The summed E-state index contributed by atoms with van der Waals surface area (Å²) in [7, 11) is 3.25. The van der Waals surface area contributed by atoms with Crippen molar-refractivity contribution >= 4 is 18.9 Å². The van der Waals surface area contributed by atoms with Crippen molar-refractivity contribution in [2.24, 2.45) is 10.9 Å². The number of aliphatic imine (C=N–C) groups is 1. The van der Waals surface area contributed by atoms with Crippen LogP contribution in [0.25, 0.3) is 0 Å². The molecule has 1 atom stereocenters. The number of nitrogens with one attached hydrogen (secondary N) is 1. The van der Waals surface area contributed by atoms with Crippen LogP contribution in [0.5, 0.6) is 0 Å². The van der Waals surface area contributed by atoms with Gasteiger partial charge in [-0.3, -0.25) is 9.59 Å². The molecule has 0 radical (unpaired) electrons. The first-order valence-electron chi connectivity index (χ1n) is 7.17. The highest BCUT2D eigenvalue weighted by Gasteiger charge is 2.27. The number of ether oxygens (including phenoxy) is 1. The first-order valence-corrected chi connectivity index (χ1v) is 7.17. The molecule has 1 aliphatic carbocycles. The lowest BCUT2D eigenvalue weighted by atomic mass is 10.1. The summed E-state index contributed by atoms with van der Waals surface area (Å²) >= 11 is 0. The van der Waals surface area contributed by atoms with Crippen molar-refractivity contribution in [2.45, 2.75) is 12.8 Å². The summed E-state index contributed by atoms with van der Waals surface area (Å²) in [5, 5.41) is 2.73. The van der Waals surface area contributed by atoms with Crippen molar-refractivity contribution < 1.29 is 14.3 Å². The van der Waals surface area contributed by atoms with E-state index in [2.05, 4.69) is 28.3 Å². The van der Waals surface area contributed by atoms with Crippen LogP contribution >= 0.6 is 0 Å². The molecule has 1 aliphatic rings. The molecule has 0 aliphatic heterocycles. The number of carbonyl (C=O) groups is 2. The highest BCUT2D eigenvalue weighted by Crippen LogP contribution is 2.27. The zero-order valence-corrected chi connectivity index (χ0v) is 13.5. The van der Waals surface area contributed by atoms with Gasteiger partial charge in [-0.1, -0.05) is 24.8 Å². The van der Waals surface area contributed by atoms with E-state index >= 15 is 0 Å². The zero-order valence-electron chi connectivity index (χ0n) is 13.5. The van der Waals surface area contributed by atoms with E-state index in [9.17, 15) is 9.59 Å². The molecule has 1 N–H and O–H groups in total. The maximum Gasteiger partial charge on any atom is 0.229 e. The third-order valence-electron chi connectivity index (χ3n) is 3.37. The molecule has 1 aromatic carbocycles. The fraction of sp³-hybridized carbons (Fsp3) is 0.278. The monoisotopic (exact) mass is 314 g/mol. The maximum atomic E-state index is 12.2. The number of rotatable bonds is 5. The molecule has 1 amide bonds. The molecule has 0 spiro atoms. The van der Waals surface area contributed by atoms with E-state index in [1.54, 1.807) is 32.4 Å². The normalized spacial score (nSPS) is 15.7. The van der Waals surface area contributed by atoms with Crippen molar-refractivity contribution in [3.05, 3.63) is 59.4 Å². The molecule has 5 nitrogen and oxygen atoms in total. The number of nitrogens with zero attached hydrogens (tertiary/aromatic N) is 1. The summed E-state index contributed by atoms with van der Waals surface area (Å²) in [4.78, 5) is 26.7. The van der Waals surface area contributed by atoms with E-state index in [4.69, 9.17) is 0 Å². The topological polar surface area (TPSA) is 67.8 Å². The Labute approximate surface area is 136 Å². The Kier molecular flexibility index (Phi) is 7.63. The van der Waals surface area contributed by atoms with Crippen molar-refractivity contribution in [2.75, 3.05) is 14.2 Å². The van der Waals surface area contributed by atoms with E-state index in [-0.39, 0.29) is 11.8 Å². The highest BCUT2D eigenvalue weighted by molar-refractivity contribution is 5.82. The summed E-state index contributed by atoms with van der Waals surface area (Å²) in [6, 6.07) is 5.54. The Bertz CT molecular complexity index is 621. The Hall–Kier alpha value is -2.53. The molecule has 1 aromatic rings. The molecule has 5 heteroatoms. The summed E-state index contributed by atoms with van der Waals surface area (Å²) in [6.45, 7) is 6.96. The predicted octanol–water partition coefficient (Wildman–Crippen LogP) is 2.32. The lowest BCUT2D eigenvalue weighted by molar-refractivity contribution is -0.124. The van der Waals surface area contributed by atoms with Gasteiger partial charge in [0.15, 0.2) is 0 Å². The zero-order chi connectivity index (χ0) is 17.2.